The molecule has 5 aromatic rings. The topological polar surface area (TPSA) is 103 Å². The fraction of sp³-hybridized carbons (Fsp3) is 0.233. The number of nitrogens with two attached hydrogens (primary N) is 1. The van der Waals surface area contributed by atoms with Crippen molar-refractivity contribution in [1.82, 2.24) is 14.8 Å². The second-order valence-electron chi connectivity index (χ2n) is 10.0. The molecule has 40 heavy (non-hydrogen) atoms. The number of aliphatic carboxylic acids is 1. The van der Waals surface area contributed by atoms with Crippen LogP contribution in [-0.4, -0.2) is 25.8 Å². The number of nitrogens with zero attached hydrogens (tertiary/aromatic N) is 3. The molecule has 6 rings (SSSR count). The van der Waals surface area contributed by atoms with Gasteiger partial charge in [0, 0.05) is 22.5 Å². The Morgan fingerprint density at radius 3 is 2.48 bits per heavy atom. The van der Waals surface area contributed by atoms with E-state index in [1.165, 1.54) is 0 Å². The van der Waals surface area contributed by atoms with E-state index in [9.17, 15) is 23.1 Å². The minimum atomic E-state index is -4.59. The number of alkyl halides is 3. The molecule has 1 saturated carbocycles. The average Bonchev–Trinajstić information content (AvgIpc) is 3.23. The molecule has 10 heteroatoms. The molecule has 3 aromatic carbocycles. The van der Waals surface area contributed by atoms with E-state index in [2.05, 4.69) is 4.98 Å². The second kappa shape index (κ2) is 9.86. The summed E-state index contributed by atoms with van der Waals surface area (Å²) in [5.41, 5.74) is 8.68. The van der Waals surface area contributed by atoms with Gasteiger partial charge in [-0.1, -0.05) is 24.3 Å². The molecular formula is C30H25F3N4O3. The maximum atomic E-state index is 13.4. The number of ether oxygens (including phenoxy) is 1. The van der Waals surface area contributed by atoms with Crippen LogP contribution in [0.5, 0.6) is 5.75 Å². The van der Waals surface area contributed by atoms with Crippen molar-refractivity contribution in [3.05, 3.63) is 83.7 Å². The lowest BCUT2D eigenvalue weighted by Gasteiger charge is -2.27. The Kier molecular flexibility index (Phi) is 6.32. The summed E-state index contributed by atoms with van der Waals surface area (Å²) in [6.45, 7) is -0.0705. The lowest BCUT2D eigenvalue weighted by atomic mass is 9.93. The Balaban J connectivity index is 1.41. The van der Waals surface area contributed by atoms with Gasteiger partial charge in [0.1, 0.15) is 18.2 Å². The van der Waals surface area contributed by atoms with Gasteiger partial charge in [-0.3, -0.25) is 9.48 Å². The lowest BCUT2D eigenvalue weighted by molar-refractivity contribution is -0.137. The fourth-order valence-electron chi connectivity index (χ4n) is 5.10. The molecule has 0 radical (unpaired) electrons. The smallest absolute Gasteiger partial charge is 0.416 e. The number of halogens is 3. The zero-order valence-electron chi connectivity index (χ0n) is 21.3. The molecule has 0 amide bonds. The van der Waals surface area contributed by atoms with Crippen LogP contribution in [0, 0.1) is 0 Å². The number of hydrogen-bond donors (Lipinski definition) is 2. The third kappa shape index (κ3) is 4.81. The molecule has 0 bridgehead atoms. The molecule has 0 aliphatic heterocycles. The summed E-state index contributed by atoms with van der Waals surface area (Å²) in [5, 5.41) is 16.7. The van der Waals surface area contributed by atoms with Crippen molar-refractivity contribution in [1.29, 1.82) is 0 Å². The number of benzene rings is 3. The van der Waals surface area contributed by atoms with Crippen LogP contribution in [0.4, 0.5) is 19.0 Å². The molecule has 0 atom stereocenters. The van der Waals surface area contributed by atoms with Gasteiger partial charge >= 0.3 is 12.1 Å². The van der Waals surface area contributed by atoms with Crippen LogP contribution in [-0.2, 0) is 24.0 Å². The van der Waals surface area contributed by atoms with Gasteiger partial charge in [0.2, 0.25) is 0 Å². The first-order chi connectivity index (χ1) is 19.2. The number of carboxylic acids is 1. The molecule has 0 spiro atoms. The number of rotatable bonds is 7. The number of carbonyl (C=O) groups is 1. The normalized spacial score (nSPS) is 14.0. The van der Waals surface area contributed by atoms with E-state index in [4.69, 9.17) is 15.6 Å². The molecule has 2 aromatic heterocycles. The van der Waals surface area contributed by atoms with Crippen molar-refractivity contribution >= 4 is 33.5 Å². The van der Waals surface area contributed by atoms with Crippen LogP contribution >= 0.6 is 0 Å². The first kappa shape index (κ1) is 25.7. The van der Waals surface area contributed by atoms with E-state index in [-0.39, 0.29) is 24.0 Å². The van der Waals surface area contributed by atoms with Crippen molar-refractivity contribution in [2.75, 3.05) is 5.73 Å². The summed E-state index contributed by atoms with van der Waals surface area (Å²) in [4.78, 5) is 15.6. The van der Waals surface area contributed by atoms with Crippen molar-refractivity contribution in [3.63, 3.8) is 0 Å². The highest BCUT2D eigenvalue weighted by atomic mass is 19.4. The molecule has 204 valence electrons. The third-order valence-electron chi connectivity index (χ3n) is 7.45. The predicted octanol–water partition coefficient (Wildman–Crippen LogP) is 6.78. The van der Waals surface area contributed by atoms with Gasteiger partial charge in [-0.25, -0.2) is 4.98 Å². The zero-order chi connectivity index (χ0) is 28.0. The third-order valence-corrected chi connectivity index (χ3v) is 7.45. The molecule has 2 heterocycles. The molecule has 1 aliphatic carbocycles. The van der Waals surface area contributed by atoms with Gasteiger partial charge in [-0.15, -0.1) is 0 Å². The van der Waals surface area contributed by atoms with Crippen LogP contribution in [0.25, 0.3) is 32.8 Å². The number of aromatic nitrogens is 3. The molecule has 0 unspecified atom stereocenters. The van der Waals surface area contributed by atoms with Gasteiger partial charge in [-0.2, -0.15) is 18.3 Å². The molecule has 1 aliphatic rings. The Morgan fingerprint density at radius 1 is 1.02 bits per heavy atom. The van der Waals surface area contributed by atoms with E-state index in [0.29, 0.717) is 5.82 Å². The van der Waals surface area contributed by atoms with Crippen LogP contribution in [0.15, 0.2) is 66.9 Å². The Bertz CT molecular complexity index is 1760. The maximum Gasteiger partial charge on any atom is 0.416 e. The minimum absolute atomic E-state index is 0.0705. The second-order valence-corrected chi connectivity index (χ2v) is 10.0. The van der Waals surface area contributed by atoms with Gasteiger partial charge < -0.3 is 15.6 Å². The SMILES string of the molecule is Nc1nccc2ccc(-c3ccc4nn(C5CCC5)c(COc5cc(C(F)(F)F)ccc5CC(=O)O)c4c3)cc12. The Hall–Kier alpha value is -4.60. The lowest BCUT2D eigenvalue weighted by Crippen LogP contribution is -2.21. The highest BCUT2D eigenvalue weighted by molar-refractivity contribution is 5.95. The molecule has 1 fully saturated rings. The van der Waals surface area contributed by atoms with E-state index in [0.717, 1.165) is 76.0 Å². The van der Waals surface area contributed by atoms with Gasteiger partial charge in [0.05, 0.1) is 29.2 Å². The van der Waals surface area contributed by atoms with E-state index in [1.54, 1.807) is 6.20 Å². The van der Waals surface area contributed by atoms with Crippen molar-refractivity contribution in [2.45, 2.75) is 44.5 Å². The number of pyridine rings is 1. The fourth-order valence-corrected chi connectivity index (χ4v) is 5.10. The Labute approximate surface area is 227 Å². The van der Waals surface area contributed by atoms with Crippen LogP contribution in [0.2, 0.25) is 0 Å². The highest BCUT2D eigenvalue weighted by Crippen LogP contribution is 2.38. The van der Waals surface area contributed by atoms with E-state index < -0.39 is 24.1 Å². The average molecular weight is 547 g/mol. The van der Waals surface area contributed by atoms with Crippen LogP contribution < -0.4 is 10.5 Å². The van der Waals surface area contributed by atoms with Crippen molar-refractivity contribution in [2.24, 2.45) is 0 Å². The maximum absolute atomic E-state index is 13.4. The molecule has 0 saturated heterocycles. The zero-order valence-corrected chi connectivity index (χ0v) is 21.3. The first-order valence-corrected chi connectivity index (χ1v) is 12.9. The van der Waals surface area contributed by atoms with Crippen molar-refractivity contribution in [3.8, 4) is 16.9 Å². The molecule has 3 N–H and O–H groups in total. The molecular weight excluding hydrogens is 521 g/mol. The van der Waals surface area contributed by atoms with E-state index >= 15 is 0 Å². The largest absolute Gasteiger partial charge is 0.487 e. The number of anilines is 1. The van der Waals surface area contributed by atoms with Crippen LogP contribution in [0.3, 0.4) is 0 Å². The van der Waals surface area contributed by atoms with Crippen LogP contribution in [0.1, 0.15) is 42.1 Å². The number of nitrogen functional groups attached to an aromatic ring is 1. The number of hydrogen-bond acceptors (Lipinski definition) is 5. The highest BCUT2D eigenvalue weighted by Gasteiger charge is 2.32. The minimum Gasteiger partial charge on any atom is -0.487 e. The van der Waals surface area contributed by atoms with Gasteiger partial charge in [-0.05, 0) is 72.2 Å². The van der Waals surface area contributed by atoms with Gasteiger partial charge in [0.15, 0.2) is 0 Å². The van der Waals surface area contributed by atoms with E-state index in [1.807, 2.05) is 47.1 Å². The summed E-state index contributed by atoms with van der Waals surface area (Å²) in [7, 11) is 0. The first-order valence-electron chi connectivity index (χ1n) is 12.9. The number of carboxylic acid groups (broad SMARTS) is 1. The monoisotopic (exact) mass is 546 g/mol. The Morgan fingerprint density at radius 2 is 1.77 bits per heavy atom. The van der Waals surface area contributed by atoms with Crippen molar-refractivity contribution < 1.29 is 27.8 Å². The summed E-state index contributed by atoms with van der Waals surface area (Å²) in [5.74, 6) is -0.837. The number of fused-ring (bicyclic) bond motifs is 2. The summed E-state index contributed by atoms with van der Waals surface area (Å²) < 4.78 is 48.2. The molecule has 7 nitrogen and oxygen atoms in total. The summed E-state index contributed by atoms with van der Waals surface area (Å²) in [6, 6.07) is 16.8. The quantitative estimate of drug-likeness (QED) is 0.233. The predicted molar refractivity (Wildman–Crippen MR) is 145 cm³/mol. The standard InChI is InChI=1S/C30H25F3N4O3/c31-30(32,33)21-8-6-20(14-28(38)39)27(15-21)40-16-26-24-13-19(7-9-25(24)36-37(26)22-2-1-3-22)18-5-4-17-10-11-35-29(34)23(17)12-18/h4-13,15,22H,1-3,14,16H2,(H2,34,35)(H,38,39). The summed E-state index contributed by atoms with van der Waals surface area (Å²) >= 11 is 0. The summed E-state index contributed by atoms with van der Waals surface area (Å²) in [6.07, 6.45) is -0.433. The van der Waals surface area contributed by atoms with Gasteiger partial charge in [0.25, 0.3) is 0 Å².